The van der Waals surface area contributed by atoms with E-state index in [1.807, 2.05) is 0 Å². The monoisotopic (exact) mass is 231 g/mol. The third-order valence-corrected chi connectivity index (χ3v) is 3.20. The normalized spacial score (nSPS) is 19.9. The Morgan fingerprint density at radius 3 is 3.12 bits per heavy atom. The van der Waals surface area contributed by atoms with Gasteiger partial charge >= 0.3 is 0 Å². The number of phenolic OH excluding ortho intramolecular Hbond substituents is 1. The van der Waals surface area contributed by atoms with Crippen molar-refractivity contribution in [2.75, 3.05) is 13.1 Å². The Morgan fingerprint density at radius 1 is 1.47 bits per heavy atom. The molecule has 2 aromatic rings. The molecule has 2 N–H and O–H groups in total. The number of rotatable bonds is 1. The van der Waals surface area contributed by atoms with Crippen molar-refractivity contribution in [2.45, 2.75) is 12.5 Å². The van der Waals surface area contributed by atoms with Crippen LogP contribution in [0.3, 0.4) is 0 Å². The van der Waals surface area contributed by atoms with Gasteiger partial charge in [0.05, 0.1) is 23.3 Å². The molecule has 1 saturated heterocycles. The van der Waals surface area contributed by atoms with Crippen LogP contribution in [0.25, 0.3) is 10.9 Å². The van der Waals surface area contributed by atoms with Crippen LogP contribution in [0.15, 0.2) is 29.3 Å². The molecule has 17 heavy (non-hydrogen) atoms. The van der Waals surface area contributed by atoms with E-state index >= 15 is 0 Å². The molecule has 0 amide bonds. The SMILES string of the molecule is O=c1c2ccc(O)cc2ncn1C1CCNC1. The van der Waals surface area contributed by atoms with Gasteiger partial charge in [-0.1, -0.05) is 0 Å². The molecule has 0 bridgehead atoms. The number of aromatic hydroxyl groups is 1. The van der Waals surface area contributed by atoms with Crippen LogP contribution in [0.1, 0.15) is 12.5 Å². The van der Waals surface area contributed by atoms with Crippen LogP contribution in [-0.2, 0) is 0 Å². The second-order valence-electron chi connectivity index (χ2n) is 4.31. The lowest BCUT2D eigenvalue weighted by molar-refractivity contribution is 0.476. The van der Waals surface area contributed by atoms with Crippen LogP contribution in [0.2, 0.25) is 0 Å². The summed E-state index contributed by atoms with van der Waals surface area (Å²) in [6.07, 6.45) is 2.52. The maximum absolute atomic E-state index is 12.2. The molecule has 0 radical (unpaired) electrons. The fraction of sp³-hybridized carbons (Fsp3) is 0.333. The molecule has 3 rings (SSSR count). The Bertz CT molecular complexity index is 615. The molecular weight excluding hydrogens is 218 g/mol. The molecule has 1 atom stereocenters. The second kappa shape index (κ2) is 3.85. The highest BCUT2D eigenvalue weighted by atomic mass is 16.3. The van der Waals surface area contributed by atoms with Gasteiger partial charge in [0.15, 0.2) is 0 Å². The van der Waals surface area contributed by atoms with Crippen molar-refractivity contribution in [3.05, 3.63) is 34.9 Å². The summed E-state index contributed by atoms with van der Waals surface area (Å²) in [5.74, 6) is 0.129. The van der Waals surface area contributed by atoms with Gasteiger partial charge < -0.3 is 10.4 Å². The van der Waals surface area contributed by atoms with Gasteiger partial charge in [-0.25, -0.2) is 4.98 Å². The standard InChI is InChI=1S/C12H13N3O2/c16-9-1-2-10-11(5-9)14-7-15(12(10)17)8-3-4-13-6-8/h1-2,5,7-8,13,16H,3-4,6H2. The molecule has 0 saturated carbocycles. The first kappa shape index (κ1) is 10.3. The van der Waals surface area contributed by atoms with Gasteiger partial charge in [0, 0.05) is 12.6 Å². The smallest absolute Gasteiger partial charge is 0.261 e. The topological polar surface area (TPSA) is 67.1 Å². The predicted molar refractivity (Wildman–Crippen MR) is 64.2 cm³/mol. The zero-order valence-electron chi connectivity index (χ0n) is 9.26. The van der Waals surface area contributed by atoms with Gasteiger partial charge in [0.2, 0.25) is 0 Å². The fourth-order valence-electron chi connectivity index (χ4n) is 2.26. The van der Waals surface area contributed by atoms with Crippen LogP contribution < -0.4 is 10.9 Å². The molecule has 2 heterocycles. The quantitative estimate of drug-likeness (QED) is 0.755. The van der Waals surface area contributed by atoms with E-state index in [2.05, 4.69) is 10.3 Å². The molecule has 0 aliphatic carbocycles. The van der Waals surface area contributed by atoms with Crippen molar-refractivity contribution >= 4 is 10.9 Å². The third-order valence-electron chi connectivity index (χ3n) is 3.20. The van der Waals surface area contributed by atoms with E-state index in [9.17, 15) is 9.90 Å². The molecule has 88 valence electrons. The summed E-state index contributed by atoms with van der Waals surface area (Å²) in [7, 11) is 0. The minimum Gasteiger partial charge on any atom is -0.508 e. The number of fused-ring (bicyclic) bond motifs is 1. The van der Waals surface area contributed by atoms with Crippen molar-refractivity contribution in [3.63, 3.8) is 0 Å². The van der Waals surface area contributed by atoms with Gasteiger partial charge in [-0.05, 0) is 25.1 Å². The average molecular weight is 231 g/mol. The Hall–Kier alpha value is -1.88. The van der Waals surface area contributed by atoms with Crippen molar-refractivity contribution in [3.8, 4) is 5.75 Å². The summed E-state index contributed by atoms with van der Waals surface area (Å²) in [4.78, 5) is 16.5. The zero-order valence-corrected chi connectivity index (χ0v) is 9.26. The van der Waals surface area contributed by atoms with Crippen LogP contribution in [0.5, 0.6) is 5.75 Å². The number of aromatic nitrogens is 2. The summed E-state index contributed by atoms with van der Waals surface area (Å²) >= 11 is 0. The van der Waals surface area contributed by atoms with Gasteiger partial charge in [0.1, 0.15) is 5.75 Å². The summed E-state index contributed by atoms with van der Waals surface area (Å²) in [6.45, 7) is 1.75. The van der Waals surface area contributed by atoms with Crippen molar-refractivity contribution in [1.29, 1.82) is 0 Å². The third kappa shape index (κ3) is 1.68. The summed E-state index contributed by atoms with van der Waals surface area (Å²) in [5, 5.41) is 13.1. The minimum atomic E-state index is -0.0382. The first-order valence-electron chi connectivity index (χ1n) is 5.66. The number of nitrogens with one attached hydrogen (secondary N) is 1. The highest BCUT2D eigenvalue weighted by Gasteiger charge is 2.18. The Balaban J connectivity index is 2.18. The van der Waals surface area contributed by atoms with Gasteiger partial charge in [0.25, 0.3) is 5.56 Å². The molecule has 5 nitrogen and oxygen atoms in total. The van der Waals surface area contributed by atoms with Crippen LogP contribution in [-0.4, -0.2) is 27.7 Å². The van der Waals surface area contributed by atoms with E-state index in [1.165, 1.54) is 12.1 Å². The summed E-state index contributed by atoms with van der Waals surface area (Å²) < 4.78 is 1.68. The molecule has 1 aromatic heterocycles. The van der Waals surface area contributed by atoms with E-state index in [0.29, 0.717) is 10.9 Å². The molecule has 1 aromatic carbocycles. The van der Waals surface area contributed by atoms with Crippen molar-refractivity contribution in [1.82, 2.24) is 14.9 Å². The van der Waals surface area contributed by atoms with E-state index in [-0.39, 0.29) is 17.4 Å². The molecule has 5 heteroatoms. The van der Waals surface area contributed by atoms with Gasteiger partial charge in [-0.3, -0.25) is 9.36 Å². The largest absolute Gasteiger partial charge is 0.508 e. The first-order valence-corrected chi connectivity index (χ1v) is 5.66. The number of benzene rings is 1. The maximum atomic E-state index is 12.2. The highest BCUT2D eigenvalue weighted by molar-refractivity contribution is 5.78. The molecule has 1 aliphatic rings. The molecule has 1 fully saturated rings. The summed E-state index contributed by atoms with van der Waals surface area (Å²) in [6, 6.07) is 4.84. The molecular formula is C12H13N3O2. The summed E-state index contributed by atoms with van der Waals surface area (Å²) in [5.41, 5.74) is 0.501. The zero-order chi connectivity index (χ0) is 11.8. The predicted octanol–water partition coefficient (Wildman–Crippen LogP) is 0.636. The second-order valence-corrected chi connectivity index (χ2v) is 4.31. The molecule has 1 aliphatic heterocycles. The first-order chi connectivity index (χ1) is 8.25. The van der Waals surface area contributed by atoms with Crippen molar-refractivity contribution < 1.29 is 5.11 Å². The minimum absolute atomic E-state index is 0.0382. The van der Waals surface area contributed by atoms with Crippen molar-refractivity contribution in [2.24, 2.45) is 0 Å². The molecule has 0 spiro atoms. The number of phenols is 1. The van der Waals surface area contributed by atoms with Crippen LogP contribution >= 0.6 is 0 Å². The Morgan fingerprint density at radius 2 is 2.35 bits per heavy atom. The number of nitrogens with zero attached hydrogens (tertiary/aromatic N) is 2. The van der Waals surface area contributed by atoms with E-state index in [1.54, 1.807) is 17.0 Å². The number of hydrogen-bond acceptors (Lipinski definition) is 4. The van der Waals surface area contributed by atoms with E-state index in [0.717, 1.165) is 19.5 Å². The average Bonchev–Trinajstić information content (AvgIpc) is 2.82. The van der Waals surface area contributed by atoms with Gasteiger partial charge in [-0.15, -0.1) is 0 Å². The number of hydrogen-bond donors (Lipinski definition) is 2. The lowest BCUT2D eigenvalue weighted by atomic mass is 10.2. The van der Waals surface area contributed by atoms with E-state index < -0.39 is 0 Å². The lowest BCUT2D eigenvalue weighted by Crippen LogP contribution is -2.26. The maximum Gasteiger partial charge on any atom is 0.261 e. The van der Waals surface area contributed by atoms with Crippen LogP contribution in [0.4, 0.5) is 0 Å². The highest BCUT2D eigenvalue weighted by Crippen LogP contribution is 2.17. The van der Waals surface area contributed by atoms with Crippen LogP contribution in [0, 0.1) is 0 Å². The lowest BCUT2D eigenvalue weighted by Gasteiger charge is -2.12. The van der Waals surface area contributed by atoms with E-state index in [4.69, 9.17) is 0 Å². The Kier molecular flexibility index (Phi) is 2.33. The fourth-order valence-corrected chi connectivity index (χ4v) is 2.26. The van der Waals surface area contributed by atoms with Gasteiger partial charge in [-0.2, -0.15) is 0 Å². The Labute approximate surface area is 97.7 Å². The molecule has 1 unspecified atom stereocenters.